The van der Waals surface area contributed by atoms with Crippen molar-refractivity contribution in [3.63, 3.8) is 0 Å². The monoisotopic (exact) mass is 279 g/mol. The molecular formula is C15H12F3NO. The third kappa shape index (κ3) is 3.17. The number of alkyl halides is 3. The van der Waals surface area contributed by atoms with Gasteiger partial charge in [0, 0.05) is 11.3 Å². The number of carbonyl (C=O) groups is 1. The minimum absolute atomic E-state index is 0.139. The van der Waals surface area contributed by atoms with Crippen molar-refractivity contribution in [3.8, 4) is 11.1 Å². The number of benzene rings is 2. The fraction of sp³-hybridized carbons (Fsp3) is 0.133. The first kappa shape index (κ1) is 14.1. The lowest BCUT2D eigenvalue weighted by Crippen LogP contribution is -2.30. The number of nitrogens with one attached hydrogen (secondary N) is 1. The van der Waals surface area contributed by atoms with E-state index in [0.29, 0.717) is 5.56 Å². The number of hydrogen-bond acceptors (Lipinski definition) is 1. The Kier molecular flexibility index (Phi) is 3.79. The van der Waals surface area contributed by atoms with Gasteiger partial charge in [0.25, 0.3) is 0 Å². The molecule has 2 rings (SSSR count). The number of anilines is 1. The zero-order chi connectivity index (χ0) is 14.8. The quantitative estimate of drug-likeness (QED) is 0.878. The van der Waals surface area contributed by atoms with Gasteiger partial charge in [0.05, 0.1) is 0 Å². The predicted octanol–water partition coefficient (Wildman–Crippen LogP) is 4.16. The first-order valence-electron chi connectivity index (χ1n) is 5.92. The van der Waals surface area contributed by atoms with Gasteiger partial charge in [-0.3, -0.25) is 4.79 Å². The van der Waals surface area contributed by atoms with E-state index in [1.807, 2.05) is 30.4 Å². The molecule has 0 aromatic heterocycles. The van der Waals surface area contributed by atoms with Gasteiger partial charge >= 0.3 is 12.1 Å². The molecule has 2 aromatic rings. The molecule has 1 N–H and O–H groups in total. The van der Waals surface area contributed by atoms with E-state index in [2.05, 4.69) is 0 Å². The molecule has 20 heavy (non-hydrogen) atoms. The van der Waals surface area contributed by atoms with Gasteiger partial charge in [-0.05, 0) is 18.6 Å². The van der Waals surface area contributed by atoms with Gasteiger partial charge in [-0.25, -0.2) is 0 Å². The predicted molar refractivity (Wildman–Crippen MR) is 71.3 cm³/mol. The minimum atomic E-state index is -4.90. The summed E-state index contributed by atoms with van der Waals surface area (Å²) in [4.78, 5) is 11.0. The van der Waals surface area contributed by atoms with Crippen molar-refractivity contribution in [1.82, 2.24) is 0 Å². The van der Waals surface area contributed by atoms with Crippen LogP contribution in [0.3, 0.4) is 0 Å². The normalized spacial score (nSPS) is 11.2. The van der Waals surface area contributed by atoms with E-state index >= 15 is 0 Å². The Hall–Kier alpha value is -2.30. The SMILES string of the molecule is Cc1cccc(-c2ccccc2NC(=O)C(F)(F)F)c1. The van der Waals surface area contributed by atoms with Gasteiger partial charge in [0.15, 0.2) is 0 Å². The summed E-state index contributed by atoms with van der Waals surface area (Å²) in [7, 11) is 0. The summed E-state index contributed by atoms with van der Waals surface area (Å²) in [5.74, 6) is -1.97. The summed E-state index contributed by atoms with van der Waals surface area (Å²) in [6.07, 6.45) is -4.90. The Balaban J connectivity index is 2.39. The molecule has 0 aliphatic carbocycles. The third-order valence-corrected chi connectivity index (χ3v) is 2.76. The van der Waals surface area contributed by atoms with Crippen molar-refractivity contribution in [2.75, 3.05) is 5.32 Å². The van der Waals surface area contributed by atoms with Crippen LogP contribution in [-0.4, -0.2) is 12.1 Å². The molecule has 0 spiro atoms. The molecule has 0 aliphatic rings. The maximum Gasteiger partial charge on any atom is 0.471 e. The first-order valence-corrected chi connectivity index (χ1v) is 5.92. The van der Waals surface area contributed by atoms with Gasteiger partial charge in [0.2, 0.25) is 0 Å². The van der Waals surface area contributed by atoms with Crippen LogP contribution in [0.4, 0.5) is 18.9 Å². The Morgan fingerprint density at radius 2 is 1.75 bits per heavy atom. The summed E-state index contributed by atoms with van der Waals surface area (Å²) in [6.45, 7) is 1.89. The lowest BCUT2D eigenvalue weighted by Gasteiger charge is -2.13. The highest BCUT2D eigenvalue weighted by atomic mass is 19.4. The van der Waals surface area contributed by atoms with Crippen LogP contribution in [-0.2, 0) is 4.79 Å². The smallest absolute Gasteiger partial charge is 0.318 e. The second-order valence-electron chi connectivity index (χ2n) is 4.37. The van der Waals surface area contributed by atoms with Crippen LogP contribution in [0.2, 0.25) is 0 Å². The molecule has 0 saturated heterocycles. The highest BCUT2D eigenvalue weighted by molar-refractivity contribution is 5.98. The fourth-order valence-corrected chi connectivity index (χ4v) is 1.85. The Labute approximate surface area is 114 Å². The molecule has 2 aromatic carbocycles. The zero-order valence-corrected chi connectivity index (χ0v) is 10.7. The molecule has 1 amide bonds. The number of rotatable bonds is 2. The average Bonchev–Trinajstić information content (AvgIpc) is 2.38. The summed E-state index contributed by atoms with van der Waals surface area (Å²) in [5.41, 5.74) is 2.43. The number of aryl methyl sites for hydroxylation is 1. The molecule has 0 saturated carbocycles. The summed E-state index contributed by atoms with van der Waals surface area (Å²) in [6, 6.07) is 13.7. The second kappa shape index (κ2) is 5.36. The first-order chi connectivity index (χ1) is 9.38. The topological polar surface area (TPSA) is 29.1 Å². The van der Waals surface area contributed by atoms with Gasteiger partial charge in [-0.2, -0.15) is 13.2 Å². The van der Waals surface area contributed by atoms with Crippen molar-refractivity contribution in [2.24, 2.45) is 0 Å². The largest absolute Gasteiger partial charge is 0.471 e. The van der Waals surface area contributed by atoms with E-state index in [1.54, 1.807) is 24.3 Å². The van der Waals surface area contributed by atoms with Gasteiger partial charge in [-0.1, -0.05) is 48.0 Å². The van der Waals surface area contributed by atoms with Crippen LogP contribution in [0.1, 0.15) is 5.56 Å². The van der Waals surface area contributed by atoms with Crippen molar-refractivity contribution in [1.29, 1.82) is 0 Å². The summed E-state index contributed by atoms with van der Waals surface area (Å²) >= 11 is 0. The maximum absolute atomic E-state index is 12.3. The number of halogens is 3. The van der Waals surface area contributed by atoms with Crippen LogP contribution in [0.25, 0.3) is 11.1 Å². The number of para-hydroxylation sites is 1. The molecule has 0 radical (unpaired) electrons. The van der Waals surface area contributed by atoms with Crippen LogP contribution in [0.15, 0.2) is 48.5 Å². The van der Waals surface area contributed by atoms with Gasteiger partial charge < -0.3 is 5.32 Å². The highest BCUT2D eigenvalue weighted by Gasteiger charge is 2.38. The third-order valence-electron chi connectivity index (χ3n) is 2.76. The molecule has 0 fully saturated rings. The molecule has 0 unspecified atom stereocenters. The molecule has 0 heterocycles. The van der Waals surface area contributed by atoms with E-state index in [0.717, 1.165) is 11.1 Å². The summed E-state index contributed by atoms with van der Waals surface area (Å²) in [5, 5.41) is 1.90. The molecular weight excluding hydrogens is 267 g/mol. The number of amides is 1. The Bertz CT molecular complexity index is 635. The van der Waals surface area contributed by atoms with Crippen LogP contribution in [0.5, 0.6) is 0 Å². The van der Waals surface area contributed by atoms with Crippen molar-refractivity contribution in [2.45, 2.75) is 13.1 Å². The van der Waals surface area contributed by atoms with E-state index in [4.69, 9.17) is 0 Å². The zero-order valence-electron chi connectivity index (χ0n) is 10.7. The fourth-order valence-electron chi connectivity index (χ4n) is 1.85. The van der Waals surface area contributed by atoms with Crippen LogP contribution >= 0.6 is 0 Å². The van der Waals surface area contributed by atoms with Crippen LogP contribution < -0.4 is 5.32 Å². The van der Waals surface area contributed by atoms with E-state index in [-0.39, 0.29) is 5.69 Å². The number of hydrogen-bond donors (Lipinski definition) is 1. The summed E-state index contributed by atoms with van der Waals surface area (Å²) < 4.78 is 37.0. The molecule has 0 bridgehead atoms. The van der Waals surface area contributed by atoms with E-state index in [9.17, 15) is 18.0 Å². The van der Waals surface area contributed by atoms with Crippen molar-refractivity contribution < 1.29 is 18.0 Å². The van der Waals surface area contributed by atoms with E-state index in [1.165, 1.54) is 6.07 Å². The maximum atomic E-state index is 12.3. The molecule has 0 atom stereocenters. The van der Waals surface area contributed by atoms with Crippen LogP contribution in [0, 0.1) is 6.92 Å². The molecule has 5 heteroatoms. The van der Waals surface area contributed by atoms with Gasteiger partial charge in [-0.15, -0.1) is 0 Å². The number of carbonyl (C=O) groups excluding carboxylic acids is 1. The van der Waals surface area contributed by atoms with E-state index < -0.39 is 12.1 Å². The minimum Gasteiger partial charge on any atom is -0.318 e. The Morgan fingerprint density at radius 1 is 1.05 bits per heavy atom. The average molecular weight is 279 g/mol. The Morgan fingerprint density at radius 3 is 2.40 bits per heavy atom. The molecule has 0 aliphatic heterocycles. The highest BCUT2D eigenvalue weighted by Crippen LogP contribution is 2.29. The lowest BCUT2D eigenvalue weighted by molar-refractivity contribution is -0.167. The molecule has 104 valence electrons. The molecule has 2 nitrogen and oxygen atoms in total. The second-order valence-corrected chi connectivity index (χ2v) is 4.37. The van der Waals surface area contributed by atoms with Gasteiger partial charge in [0.1, 0.15) is 0 Å². The lowest BCUT2D eigenvalue weighted by atomic mass is 10.0. The van der Waals surface area contributed by atoms with Crippen molar-refractivity contribution in [3.05, 3.63) is 54.1 Å². The van der Waals surface area contributed by atoms with Crippen molar-refractivity contribution >= 4 is 11.6 Å². The standard InChI is InChI=1S/C15H12F3NO/c1-10-5-4-6-11(9-10)12-7-2-3-8-13(12)19-14(20)15(16,17)18/h2-9H,1H3,(H,19,20).